The molecule has 8 heavy (non-hydrogen) atoms. The second kappa shape index (κ2) is 1.70. The molecule has 1 aliphatic rings. The van der Waals surface area contributed by atoms with E-state index < -0.39 is 0 Å². The van der Waals surface area contributed by atoms with Crippen LogP contribution < -0.4 is 0 Å². The lowest BCUT2D eigenvalue weighted by molar-refractivity contribution is 0.503. The molecule has 1 saturated carbocycles. The van der Waals surface area contributed by atoms with Crippen LogP contribution in [0.4, 0.5) is 0 Å². The minimum absolute atomic E-state index is 0.671. The second-order valence-electron chi connectivity index (χ2n) is 3.17. The van der Waals surface area contributed by atoms with Gasteiger partial charge in [-0.3, -0.25) is 0 Å². The Morgan fingerprint density at radius 2 is 2.00 bits per heavy atom. The minimum atomic E-state index is 0.671. The zero-order valence-electron chi connectivity index (χ0n) is 5.94. The van der Waals surface area contributed by atoms with Crippen LogP contribution in [0.1, 0.15) is 27.2 Å². The summed E-state index contributed by atoms with van der Waals surface area (Å²) < 4.78 is 0. The highest BCUT2D eigenvalue weighted by Gasteiger charge is 2.53. The first-order valence-electron chi connectivity index (χ1n) is 3.38. The van der Waals surface area contributed by atoms with Crippen molar-refractivity contribution in [1.29, 1.82) is 0 Å². The molecule has 0 heterocycles. The molecule has 0 aliphatic heterocycles. The van der Waals surface area contributed by atoms with Crippen LogP contribution >= 0.6 is 9.24 Å². The van der Waals surface area contributed by atoms with E-state index >= 15 is 0 Å². The van der Waals surface area contributed by atoms with Gasteiger partial charge in [-0.05, 0) is 23.4 Å². The lowest BCUT2D eigenvalue weighted by Crippen LogP contribution is -1.93. The molecular weight excluding hydrogens is 115 g/mol. The predicted octanol–water partition coefficient (Wildman–Crippen LogP) is 2.30. The van der Waals surface area contributed by atoms with Gasteiger partial charge in [-0.1, -0.05) is 20.8 Å². The molecule has 0 saturated heterocycles. The Bertz CT molecular complexity index is 90.6. The maximum Gasteiger partial charge on any atom is -0.0176 e. The summed E-state index contributed by atoms with van der Waals surface area (Å²) in [7, 11) is 2.92. The molecule has 0 aromatic heterocycles. The van der Waals surface area contributed by atoms with E-state index in [0.29, 0.717) is 5.41 Å². The summed E-state index contributed by atoms with van der Waals surface area (Å²) in [5.41, 5.74) is 1.57. The van der Waals surface area contributed by atoms with Crippen molar-refractivity contribution >= 4 is 9.24 Å². The first-order valence-corrected chi connectivity index (χ1v) is 4.05. The largest absolute Gasteiger partial charge is 0.134 e. The maximum atomic E-state index is 2.92. The molecule has 0 amide bonds. The van der Waals surface area contributed by atoms with Crippen LogP contribution in [-0.2, 0) is 0 Å². The Morgan fingerprint density at radius 1 is 1.62 bits per heavy atom. The quantitative estimate of drug-likeness (QED) is 0.478. The van der Waals surface area contributed by atoms with Crippen LogP contribution in [-0.4, -0.2) is 5.66 Å². The summed E-state index contributed by atoms with van der Waals surface area (Å²) in [6.07, 6.45) is 1.34. The van der Waals surface area contributed by atoms with Gasteiger partial charge in [-0.15, -0.1) is 9.24 Å². The average Bonchev–Trinajstić information content (AvgIpc) is 2.22. The molecule has 0 aromatic carbocycles. The van der Waals surface area contributed by atoms with Crippen LogP contribution in [0.25, 0.3) is 0 Å². The summed E-state index contributed by atoms with van der Waals surface area (Å²) in [5.74, 6) is 0.942. The summed E-state index contributed by atoms with van der Waals surface area (Å²) in [5, 5.41) is 0. The van der Waals surface area contributed by atoms with E-state index in [1.54, 1.807) is 0 Å². The SMILES string of the molecule is CCC1(C)C(C)C1P. The number of hydrogen-bond donors (Lipinski definition) is 0. The molecule has 1 rings (SSSR count). The first kappa shape index (κ1) is 6.55. The van der Waals surface area contributed by atoms with Gasteiger partial charge in [0.2, 0.25) is 0 Å². The van der Waals surface area contributed by atoms with Gasteiger partial charge in [0, 0.05) is 0 Å². The molecular formula is C7H15P. The predicted molar refractivity (Wildman–Crippen MR) is 41.1 cm³/mol. The summed E-state index contributed by atoms with van der Waals surface area (Å²) >= 11 is 0. The van der Waals surface area contributed by atoms with Crippen LogP contribution in [0.15, 0.2) is 0 Å². The average molecular weight is 130 g/mol. The highest BCUT2D eigenvalue weighted by Crippen LogP contribution is 2.59. The molecule has 48 valence electrons. The third-order valence-corrected chi connectivity index (χ3v) is 4.33. The van der Waals surface area contributed by atoms with Crippen molar-refractivity contribution in [2.24, 2.45) is 11.3 Å². The summed E-state index contributed by atoms with van der Waals surface area (Å²) in [4.78, 5) is 0. The van der Waals surface area contributed by atoms with Gasteiger partial charge in [0.25, 0.3) is 0 Å². The van der Waals surface area contributed by atoms with Crippen molar-refractivity contribution in [2.45, 2.75) is 32.9 Å². The van der Waals surface area contributed by atoms with E-state index in [-0.39, 0.29) is 0 Å². The lowest BCUT2D eigenvalue weighted by Gasteiger charge is -2.02. The molecule has 1 heteroatoms. The molecule has 0 radical (unpaired) electrons. The number of rotatable bonds is 1. The first-order chi connectivity index (χ1) is 3.63. The summed E-state index contributed by atoms with van der Waals surface area (Å²) in [6.45, 7) is 6.98. The Morgan fingerprint density at radius 3 is 2.00 bits per heavy atom. The van der Waals surface area contributed by atoms with Gasteiger partial charge in [0.15, 0.2) is 0 Å². The fraction of sp³-hybridized carbons (Fsp3) is 1.00. The topological polar surface area (TPSA) is 0 Å². The van der Waals surface area contributed by atoms with Gasteiger partial charge in [-0.2, -0.15) is 0 Å². The molecule has 0 spiro atoms. The molecule has 0 aromatic rings. The van der Waals surface area contributed by atoms with Crippen LogP contribution in [0.2, 0.25) is 0 Å². The Hall–Kier alpha value is 0.430. The maximum absolute atomic E-state index is 2.92. The zero-order chi connectivity index (χ0) is 6.36. The molecule has 0 bridgehead atoms. The molecule has 4 atom stereocenters. The Labute approximate surface area is 54.3 Å². The van der Waals surface area contributed by atoms with E-state index in [4.69, 9.17) is 0 Å². The highest BCUT2D eigenvalue weighted by molar-refractivity contribution is 7.18. The Kier molecular flexibility index (Phi) is 1.39. The fourth-order valence-electron chi connectivity index (χ4n) is 1.40. The Balaban J connectivity index is 2.50. The molecule has 0 nitrogen and oxygen atoms in total. The van der Waals surface area contributed by atoms with E-state index in [9.17, 15) is 0 Å². The smallest absolute Gasteiger partial charge is 0.0176 e. The highest BCUT2D eigenvalue weighted by atomic mass is 31.0. The van der Waals surface area contributed by atoms with Gasteiger partial charge < -0.3 is 0 Å². The minimum Gasteiger partial charge on any atom is -0.134 e. The van der Waals surface area contributed by atoms with E-state index in [2.05, 4.69) is 30.0 Å². The van der Waals surface area contributed by atoms with Crippen molar-refractivity contribution in [3.05, 3.63) is 0 Å². The lowest BCUT2D eigenvalue weighted by atomic mass is 10.0. The van der Waals surface area contributed by atoms with Gasteiger partial charge >= 0.3 is 0 Å². The van der Waals surface area contributed by atoms with Gasteiger partial charge in [0.05, 0.1) is 0 Å². The zero-order valence-corrected chi connectivity index (χ0v) is 7.09. The molecule has 4 unspecified atom stereocenters. The van der Waals surface area contributed by atoms with Crippen LogP contribution in [0.5, 0.6) is 0 Å². The third kappa shape index (κ3) is 0.624. The summed E-state index contributed by atoms with van der Waals surface area (Å²) in [6, 6.07) is 0. The third-order valence-electron chi connectivity index (χ3n) is 2.99. The standard InChI is InChI=1S/C7H15P/c1-4-7(3)5(2)6(7)8/h5-6H,4,8H2,1-3H3. The van der Waals surface area contributed by atoms with Gasteiger partial charge in [0.1, 0.15) is 0 Å². The van der Waals surface area contributed by atoms with Crippen molar-refractivity contribution in [3.8, 4) is 0 Å². The molecule has 1 fully saturated rings. The van der Waals surface area contributed by atoms with E-state index in [1.165, 1.54) is 6.42 Å². The molecule has 1 aliphatic carbocycles. The van der Waals surface area contributed by atoms with Crippen LogP contribution in [0, 0.1) is 11.3 Å². The molecule has 0 N–H and O–H groups in total. The number of hydrogen-bond acceptors (Lipinski definition) is 0. The van der Waals surface area contributed by atoms with Crippen molar-refractivity contribution in [3.63, 3.8) is 0 Å². The fourth-order valence-corrected chi connectivity index (χ4v) is 2.26. The van der Waals surface area contributed by atoms with Crippen LogP contribution in [0.3, 0.4) is 0 Å². The monoisotopic (exact) mass is 130 g/mol. The van der Waals surface area contributed by atoms with Crippen molar-refractivity contribution in [1.82, 2.24) is 0 Å². The van der Waals surface area contributed by atoms with E-state index in [1.807, 2.05) is 0 Å². The van der Waals surface area contributed by atoms with Gasteiger partial charge in [-0.25, -0.2) is 0 Å². The van der Waals surface area contributed by atoms with Crippen molar-refractivity contribution < 1.29 is 0 Å². The van der Waals surface area contributed by atoms with Crippen molar-refractivity contribution in [2.75, 3.05) is 0 Å². The van der Waals surface area contributed by atoms with E-state index in [0.717, 1.165) is 11.6 Å². The normalized spacial score (nSPS) is 54.0. The second-order valence-corrected chi connectivity index (χ2v) is 3.89.